The Kier molecular flexibility index (Phi) is 2.12. The molecule has 0 amide bonds. The van der Waals surface area contributed by atoms with Gasteiger partial charge in [0, 0.05) is 11.9 Å². The molecule has 2 aromatic heterocycles. The highest BCUT2D eigenvalue weighted by atomic mass is 15.0. The topological polar surface area (TPSA) is 17.3 Å². The van der Waals surface area contributed by atoms with Crippen LogP contribution >= 0.6 is 0 Å². The van der Waals surface area contributed by atoms with E-state index in [-0.39, 0.29) is 0 Å². The van der Waals surface area contributed by atoms with Gasteiger partial charge < -0.3 is 4.40 Å². The third kappa shape index (κ3) is 1.38. The molecule has 2 heterocycles. The number of pyridine rings is 1. The van der Waals surface area contributed by atoms with E-state index in [1.807, 2.05) is 0 Å². The van der Waals surface area contributed by atoms with Gasteiger partial charge in [-0.25, -0.2) is 4.98 Å². The number of imidazole rings is 1. The van der Waals surface area contributed by atoms with E-state index in [0.717, 1.165) is 0 Å². The summed E-state index contributed by atoms with van der Waals surface area (Å²) in [5.74, 6) is 0. The number of aromatic nitrogens is 2. The van der Waals surface area contributed by atoms with Crippen LogP contribution in [0.4, 0.5) is 0 Å². The molecule has 0 saturated heterocycles. The molecule has 0 aliphatic heterocycles. The number of fused-ring (bicyclic) bond motifs is 3. The predicted molar refractivity (Wildman–Crippen MR) is 72.9 cm³/mol. The lowest BCUT2D eigenvalue weighted by atomic mass is 9.73. The van der Waals surface area contributed by atoms with Crippen LogP contribution < -0.4 is 0 Å². The van der Waals surface area contributed by atoms with Crippen molar-refractivity contribution in [2.24, 2.45) is 5.41 Å². The van der Waals surface area contributed by atoms with Crippen molar-refractivity contribution in [1.29, 1.82) is 0 Å². The van der Waals surface area contributed by atoms with Crippen LogP contribution in [0.25, 0.3) is 5.65 Å². The molecule has 1 spiro atoms. The summed E-state index contributed by atoms with van der Waals surface area (Å²) in [6.45, 7) is 2.17. The second kappa shape index (κ2) is 3.59. The van der Waals surface area contributed by atoms with E-state index in [1.54, 1.807) is 0 Å². The Bertz CT molecular complexity index is 603. The largest absolute Gasteiger partial charge is 0.304 e. The smallest absolute Gasteiger partial charge is 0.140 e. The SMILES string of the molecule is Cc1cccn2c3c(nc12)CCC1(CCCC1)C3. The van der Waals surface area contributed by atoms with Crippen LogP contribution in [0.2, 0.25) is 0 Å². The Morgan fingerprint density at radius 3 is 2.89 bits per heavy atom. The van der Waals surface area contributed by atoms with Crippen molar-refractivity contribution in [3.63, 3.8) is 0 Å². The highest BCUT2D eigenvalue weighted by Gasteiger charge is 2.38. The van der Waals surface area contributed by atoms with E-state index >= 15 is 0 Å². The molecule has 0 N–H and O–H groups in total. The average molecular weight is 240 g/mol. The molecule has 1 fully saturated rings. The molecular formula is C16H20N2. The summed E-state index contributed by atoms with van der Waals surface area (Å²) < 4.78 is 2.35. The average Bonchev–Trinajstić information content (AvgIpc) is 2.96. The first-order chi connectivity index (χ1) is 8.77. The van der Waals surface area contributed by atoms with Crippen molar-refractivity contribution in [1.82, 2.24) is 9.38 Å². The summed E-state index contributed by atoms with van der Waals surface area (Å²) >= 11 is 0. The molecule has 2 aromatic rings. The van der Waals surface area contributed by atoms with Crippen molar-refractivity contribution in [3.8, 4) is 0 Å². The lowest BCUT2D eigenvalue weighted by Crippen LogP contribution is -2.26. The van der Waals surface area contributed by atoms with E-state index in [9.17, 15) is 0 Å². The van der Waals surface area contributed by atoms with Gasteiger partial charge in [-0.3, -0.25) is 0 Å². The van der Waals surface area contributed by atoms with E-state index in [0.29, 0.717) is 5.41 Å². The lowest BCUT2D eigenvalue weighted by Gasteiger charge is -2.32. The van der Waals surface area contributed by atoms with Gasteiger partial charge >= 0.3 is 0 Å². The van der Waals surface area contributed by atoms with E-state index in [1.165, 1.54) is 67.5 Å². The third-order valence-electron chi connectivity index (χ3n) is 5.13. The van der Waals surface area contributed by atoms with E-state index < -0.39 is 0 Å². The van der Waals surface area contributed by atoms with Crippen molar-refractivity contribution in [2.45, 2.75) is 51.9 Å². The Morgan fingerprint density at radius 1 is 1.22 bits per heavy atom. The number of aryl methyl sites for hydroxylation is 2. The predicted octanol–water partition coefficient (Wildman–Crippen LogP) is 3.69. The van der Waals surface area contributed by atoms with Crippen molar-refractivity contribution >= 4 is 5.65 Å². The number of hydrogen-bond donors (Lipinski definition) is 0. The van der Waals surface area contributed by atoms with E-state index in [2.05, 4.69) is 29.7 Å². The first-order valence-corrected chi connectivity index (χ1v) is 7.23. The second-order valence-corrected chi connectivity index (χ2v) is 6.27. The number of rotatable bonds is 0. The second-order valence-electron chi connectivity index (χ2n) is 6.27. The quantitative estimate of drug-likeness (QED) is 0.686. The van der Waals surface area contributed by atoms with Gasteiger partial charge in [0.15, 0.2) is 0 Å². The molecule has 2 heteroatoms. The molecule has 18 heavy (non-hydrogen) atoms. The van der Waals surface area contributed by atoms with Gasteiger partial charge in [-0.05, 0) is 56.1 Å². The maximum absolute atomic E-state index is 4.87. The summed E-state index contributed by atoms with van der Waals surface area (Å²) in [4.78, 5) is 4.87. The fourth-order valence-corrected chi connectivity index (χ4v) is 4.07. The Balaban J connectivity index is 1.87. The summed E-state index contributed by atoms with van der Waals surface area (Å²) in [7, 11) is 0. The first kappa shape index (κ1) is 10.6. The normalized spacial score (nSPS) is 21.6. The number of nitrogens with zero attached hydrogens (tertiary/aromatic N) is 2. The monoisotopic (exact) mass is 240 g/mol. The summed E-state index contributed by atoms with van der Waals surface area (Å²) in [6.07, 6.45) is 11.8. The summed E-state index contributed by atoms with van der Waals surface area (Å²) in [6, 6.07) is 4.32. The standard InChI is InChI=1S/C16H20N2/c1-12-5-4-10-18-14-11-16(7-2-3-8-16)9-6-13(14)17-15(12)18/h4-5,10H,2-3,6-9,11H2,1H3. The molecule has 94 valence electrons. The van der Waals surface area contributed by atoms with Crippen molar-refractivity contribution < 1.29 is 0 Å². The molecule has 0 atom stereocenters. The molecule has 4 rings (SSSR count). The van der Waals surface area contributed by atoms with E-state index in [4.69, 9.17) is 4.98 Å². The minimum absolute atomic E-state index is 0.618. The maximum atomic E-state index is 4.87. The zero-order valence-corrected chi connectivity index (χ0v) is 11.1. The van der Waals surface area contributed by atoms with Crippen LogP contribution in [0.1, 0.15) is 49.1 Å². The van der Waals surface area contributed by atoms with Crippen molar-refractivity contribution in [3.05, 3.63) is 35.3 Å². The van der Waals surface area contributed by atoms with Crippen LogP contribution in [0.5, 0.6) is 0 Å². The zero-order chi connectivity index (χ0) is 12.2. The molecule has 2 aliphatic rings. The minimum atomic E-state index is 0.618. The molecule has 1 saturated carbocycles. The van der Waals surface area contributed by atoms with Gasteiger partial charge in [-0.15, -0.1) is 0 Å². The molecule has 2 nitrogen and oxygen atoms in total. The first-order valence-electron chi connectivity index (χ1n) is 7.23. The number of hydrogen-bond acceptors (Lipinski definition) is 1. The molecule has 0 radical (unpaired) electrons. The Morgan fingerprint density at radius 2 is 2.06 bits per heavy atom. The molecular weight excluding hydrogens is 220 g/mol. The highest BCUT2D eigenvalue weighted by molar-refractivity contribution is 5.51. The fraction of sp³-hybridized carbons (Fsp3) is 0.562. The van der Waals surface area contributed by atoms with Gasteiger partial charge in [-0.2, -0.15) is 0 Å². The van der Waals surface area contributed by atoms with Crippen molar-refractivity contribution in [2.75, 3.05) is 0 Å². The zero-order valence-electron chi connectivity index (χ0n) is 11.1. The van der Waals surface area contributed by atoms with Crippen LogP contribution in [0.3, 0.4) is 0 Å². The maximum Gasteiger partial charge on any atom is 0.140 e. The van der Waals surface area contributed by atoms with Crippen LogP contribution in [0, 0.1) is 12.3 Å². The Labute approximate surface area is 108 Å². The van der Waals surface area contributed by atoms with Crippen LogP contribution in [0.15, 0.2) is 18.3 Å². The third-order valence-corrected chi connectivity index (χ3v) is 5.13. The van der Waals surface area contributed by atoms with Gasteiger partial charge in [0.2, 0.25) is 0 Å². The lowest BCUT2D eigenvalue weighted by molar-refractivity contribution is 0.250. The van der Waals surface area contributed by atoms with Gasteiger partial charge in [-0.1, -0.05) is 18.9 Å². The van der Waals surface area contributed by atoms with Gasteiger partial charge in [0.05, 0.1) is 5.69 Å². The van der Waals surface area contributed by atoms with Gasteiger partial charge in [0.1, 0.15) is 5.65 Å². The Hall–Kier alpha value is -1.31. The highest BCUT2D eigenvalue weighted by Crippen LogP contribution is 2.47. The molecule has 0 unspecified atom stereocenters. The van der Waals surface area contributed by atoms with Crippen LogP contribution in [-0.4, -0.2) is 9.38 Å². The minimum Gasteiger partial charge on any atom is -0.304 e. The fourth-order valence-electron chi connectivity index (χ4n) is 4.07. The molecule has 0 aromatic carbocycles. The molecule has 0 bridgehead atoms. The summed E-state index contributed by atoms with van der Waals surface area (Å²) in [5, 5.41) is 0. The van der Waals surface area contributed by atoms with Crippen LogP contribution in [-0.2, 0) is 12.8 Å². The molecule has 2 aliphatic carbocycles. The van der Waals surface area contributed by atoms with Gasteiger partial charge in [0.25, 0.3) is 0 Å². The summed E-state index contributed by atoms with van der Waals surface area (Å²) in [5.41, 5.74) is 5.96.